The number of carbonyl (C=O) groups excluding carboxylic acids is 1. The van der Waals surface area contributed by atoms with E-state index in [2.05, 4.69) is 0 Å². The van der Waals surface area contributed by atoms with Gasteiger partial charge in [0.1, 0.15) is 0 Å². The molecule has 0 fully saturated rings. The number of alkyl halides is 3. The molecule has 0 saturated carbocycles. The highest BCUT2D eigenvalue weighted by Gasteiger charge is 2.44. The van der Waals surface area contributed by atoms with Gasteiger partial charge in [-0.25, -0.2) is 4.79 Å². The van der Waals surface area contributed by atoms with E-state index < -0.39 is 20.5 Å². The summed E-state index contributed by atoms with van der Waals surface area (Å²) in [5.74, 6) is 0.181. The molecule has 10 heteroatoms. The number of ether oxygens (including phenoxy) is 2. The molecule has 0 aliphatic carbocycles. The summed E-state index contributed by atoms with van der Waals surface area (Å²) in [6.07, 6.45) is -1.06. The summed E-state index contributed by atoms with van der Waals surface area (Å²) in [5, 5.41) is 11.5. The molecule has 136 valence electrons. The Labute approximate surface area is 158 Å². The molecular weight excluding hydrogens is 395 g/mol. The van der Waals surface area contributed by atoms with Gasteiger partial charge >= 0.3 is 6.16 Å². The molecule has 0 spiro atoms. The highest BCUT2D eigenvalue weighted by Crippen LogP contribution is 2.41. The van der Waals surface area contributed by atoms with Crippen molar-refractivity contribution >= 4 is 57.5 Å². The van der Waals surface area contributed by atoms with E-state index >= 15 is 0 Å². The van der Waals surface area contributed by atoms with Crippen LogP contribution in [0.2, 0.25) is 0 Å². The van der Waals surface area contributed by atoms with Crippen LogP contribution in [0.15, 0.2) is 18.2 Å². The molecule has 1 aromatic carbocycles. The summed E-state index contributed by atoms with van der Waals surface area (Å²) in [4.78, 5) is 22.5. The first-order valence-corrected chi connectivity index (χ1v) is 8.19. The van der Waals surface area contributed by atoms with Crippen LogP contribution in [0, 0.1) is 17.0 Å². The van der Waals surface area contributed by atoms with Gasteiger partial charge in [0.15, 0.2) is 5.60 Å². The lowest BCUT2D eigenvalue weighted by Gasteiger charge is -2.31. The average molecular weight is 410 g/mol. The molecule has 2 aromatic rings. The van der Waals surface area contributed by atoms with Crippen molar-refractivity contribution < 1.29 is 19.2 Å². The number of fused-ring (bicyclic) bond motifs is 1. The zero-order valence-electron chi connectivity index (χ0n) is 13.8. The van der Waals surface area contributed by atoms with Crippen molar-refractivity contribution in [3.05, 3.63) is 33.9 Å². The standard InChI is InChI=1S/C15H15Cl3N2O5/c1-8-10-7-9(20(22)23)5-6-11(10)19(4)12(8)24-13(21)25-14(2,3)15(16,17)18/h5-7H,1-4H3. The largest absolute Gasteiger partial charge is 0.515 e. The maximum absolute atomic E-state index is 12.1. The van der Waals surface area contributed by atoms with Gasteiger partial charge in [-0.3, -0.25) is 10.1 Å². The lowest BCUT2D eigenvalue weighted by Crippen LogP contribution is -2.42. The Kier molecular flexibility index (Phi) is 5.14. The smallest absolute Gasteiger partial charge is 0.423 e. The number of carbonyl (C=O) groups is 1. The van der Waals surface area contributed by atoms with Gasteiger partial charge in [0, 0.05) is 30.1 Å². The number of hydrogen-bond acceptors (Lipinski definition) is 5. The van der Waals surface area contributed by atoms with Crippen molar-refractivity contribution in [1.82, 2.24) is 4.57 Å². The summed E-state index contributed by atoms with van der Waals surface area (Å²) in [6.45, 7) is 4.53. The summed E-state index contributed by atoms with van der Waals surface area (Å²) >= 11 is 17.3. The second-order valence-electron chi connectivity index (χ2n) is 5.91. The zero-order valence-corrected chi connectivity index (χ0v) is 16.1. The summed E-state index contributed by atoms with van der Waals surface area (Å²) in [7, 11) is 1.66. The summed E-state index contributed by atoms with van der Waals surface area (Å²) < 4.78 is 10.1. The van der Waals surface area contributed by atoms with E-state index in [1.807, 2.05) is 0 Å². The van der Waals surface area contributed by atoms with E-state index in [9.17, 15) is 14.9 Å². The van der Waals surface area contributed by atoms with Gasteiger partial charge in [0.25, 0.3) is 5.69 Å². The molecule has 1 aromatic heterocycles. The molecule has 0 atom stereocenters. The van der Waals surface area contributed by atoms with Crippen LogP contribution in [-0.4, -0.2) is 25.0 Å². The molecule has 0 aliphatic rings. The van der Waals surface area contributed by atoms with Crippen LogP contribution in [-0.2, 0) is 11.8 Å². The molecule has 0 unspecified atom stereocenters. The second-order valence-corrected chi connectivity index (χ2v) is 8.19. The number of nitrogens with zero attached hydrogens (tertiary/aromatic N) is 2. The quantitative estimate of drug-likeness (QED) is 0.306. The van der Waals surface area contributed by atoms with Crippen LogP contribution in [0.4, 0.5) is 10.5 Å². The third-order valence-corrected chi connectivity index (χ3v) is 5.15. The first kappa shape index (κ1) is 19.6. The minimum Gasteiger partial charge on any atom is -0.423 e. The fourth-order valence-electron chi connectivity index (χ4n) is 2.22. The Bertz CT molecular complexity index is 855. The zero-order chi connectivity index (χ0) is 19.2. The topological polar surface area (TPSA) is 83.6 Å². The van der Waals surface area contributed by atoms with E-state index in [4.69, 9.17) is 44.3 Å². The fraction of sp³-hybridized carbons (Fsp3) is 0.400. The predicted octanol–water partition coefficient (Wildman–Crippen LogP) is 5.06. The maximum Gasteiger partial charge on any atom is 0.515 e. The van der Waals surface area contributed by atoms with Crippen molar-refractivity contribution in [2.24, 2.45) is 7.05 Å². The van der Waals surface area contributed by atoms with Crippen LogP contribution in [0.5, 0.6) is 5.88 Å². The molecule has 1 heterocycles. The van der Waals surface area contributed by atoms with Gasteiger partial charge in [0.05, 0.1) is 10.4 Å². The molecule has 0 N–H and O–H groups in total. The minimum atomic E-state index is -1.85. The number of hydrogen-bond donors (Lipinski definition) is 0. The number of aryl methyl sites for hydroxylation is 2. The van der Waals surface area contributed by atoms with Crippen LogP contribution in [0.25, 0.3) is 10.9 Å². The van der Waals surface area contributed by atoms with Crippen LogP contribution in [0.1, 0.15) is 19.4 Å². The van der Waals surface area contributed by atoms with Gasteiger partial charge in [-0.15, -0.1) is 0 Å². The number of rotatable bonds is 3. The molecule has 25 heavy (non-hydrogen) atoms. The molecule has 7 nitrogen and oxygen atoms in total. The average Bonchev–Trinajstić information content (AvgIpc) is 2.70. The number of aromatic nitrogens is 1. The normalized spacial score (nSPS) is 12.3. The second kappa shape index (κ2) is 6.55. The van der Waals surface area contributed by atoms with Crippen LogP contribution < -0.4 is 4.74 Å². The number of non-ortho nitro benzene ring substituents is 1. The SMILES string of the molecule is Cc1c(OC(=O)OC(C)(C)C(Cl)(Cl)Cl)n(C)c2ccc([N+](=O)[O-])cc12. The molecule has 0 saturated heterocycles. The number of halogens is 3. The third kappa shape index (κ3) is 3.78. The molecule has 0 amide bonds. The molecular formula is C15H15Cl3N2O5. The van der Waals surface area contributed by atoms with Gasteiger partial charge < -0.3 is 14.0 Å². The van der Waals surface area contributed by atoms with E-state index in [0.717, 1.165) is 0 Å². The molecule has 2 rings (SSSR count). The Hall–Kier alpha value is -1.70. The number of nitro groups is 1. The van der Waals surface area contributed by atoms with Crippen LogP contribution in [0.3, 0.4) is 0 Å². The Morgan fingerprint density at radius 1 is 1.28 bits per heavy atom. The predicted molar refractivity (Wildman–Crippen MR) is 95.8 cm³/mol. The third-order valence-electron chi connectivity index (χ3n) is 3.78. The first-order valence-electron chi connectivity index (χ1n) is 7.06. The van der Waals surface area contributed by atoms with Crippen molar-refractivity contribution in [1.29, 1.82) is 0 Å². The fourth-order valence-corrected chi connectivity index (χ4v) is 2.33. The number of nitro benzene ring substituents is 1. The van der Waals surface area contributed by atoms with E-state index in [1.165, 1.54) is 26.0 Å². The maximum atomic E-state index is 12.1. The van der Waals surface area contributed by atoms with Gasteiger partial charge in [-0.2, -0.15) is 0 Å². The van der Waals surface area contributed by atoms with Gasteiger partial charge in [-0.1, -0.05) is 34.8 Å². The first-order chi connectivity index (χ1) is 11.3. The van der Waals surface area contributed by atoms with Crippen LogP contribution >= 0.6 is 34.8 Å². The monoisotopic (exact) mass is 408 g/mol. The Morgan fingerprint density at radius 2 is 1.88 bits per heavy atom. The van der Waals surface area contributed by atoms with Gasteiger partial charge in [0.2, 0.25) is 9.67 Å². The van der Waals surface area contributed by atoms with Crippen molar-refractivity contribution in [3.63, 3.8) is 0 Å². The molecule has 0 bridgehead atoms. The molecule has 0 radical (unpaired) electrons. The summed E-state index contributed by atoms with van der Waals surface area (Å²) in [5.41, 5.74) is -0.282. The van der Waals surface area contributed by atoms with Crippen molar-refractivity contribution in [2.75, 3.05) is 0 Å². The van der Waals surface area contributed by atoms with Crippen molar-refractivity contribution in [2.45, 2.75) is 30.2 Å². The van der Waals surface area contributed by atoms with Crippen molar-refractivity contribution in [3.8, 4) is 5.88 Å². The van der Waals surface area contributed by atoms with E-state index in [-0.39, 0.29) is 11.6 Å². The van der Waals surface area contributed by atoms with E-state index in [0.29, 0.717) is 16.5 Å². The Morgan fingerprint density at radius 3 is 2.40 bits per heavy atom. The lowest BCUT2D eigenvalue weighted by atomic mass is 10.2. The highest BCUT2D eigenvalue weighted by molar-refractivity contribution is 6.68. The minimum absolute atomic E-state index is 0.0623. The van der Waals surface area contributed by atoms with Gasteiger partial charge in [-0.05, 0) is 26.8 Å². The number of benzene rings is 1. The summed E-state index contributed by atoms with van der Waals surface area (Å²) in [6, 6.07) is 4.36. The lowest BCUT2D eigenvalue weighted by molar-refractivity contribution is -0.384. The highest BCUT2D eigenvalue weighted by atomic mass is 35.6. The molecule has 0 aliphatic heterocycles. The van der Waals surface area contributed by atoms with E-state index in [1.54, 1.807) is 24.6 Å². The Balaban J connectivity index is 2.36.